The minimum absolute atomic E-state index is 0.00814. The average molecular weight is 1280 g/mol. The maximum Gasteiger partial charge on any atom is 0.288 e. The molecule has 5 aromatic carbocycles. The van der Waals surface area contributed by atoms with Crippen LogP contribution in [0, 0.1) is 5.92 Å². The van der Waals surface area contributed by atoms with Gasteiger partial charge in [0.2, 0.25) is 5.91 Å². The van der Waals surface area contributed by atoms with E-state index >= 15 is 0 Å². The normalized spacial score (nSPS) is 17.9. The Balaban J connectivity index is 0.925. The molecule has 10 rings (SSSR count). The lowest BCUT2D eigenvalue weighted by atomic mass is 9.78. The maximum absolute atomic E-state index is 14.5. The van der Waals surface area contributed by atoms with Crippen LogP contribution in [0.3, 0.4) is 0 Å². The second-order valence-electron chi connectivity index (χ2n) is 24.2. The van der Waals surface area contributed by atoms with Crippen LogP contribution < -0.4 is 49.6 Å². The lowest BCUT2D eigenvalue weighted by Crippen LogP contribution is -2.52. The summed E-state index contributed by atoms with van der Waals surface area (Å²) in [7, 11) is 3.48. The van der Waals surface area contributed by atoms with Gasteiger partial charge in [0.1, 0.15) is 13.2 Å². The predicted octanol–water partition coefficient (Wildman–Crippen LogP) is 11.4. The predicted molar refractivity (Wildman–Crippen MR) is 353 cm³/mol. The van der Waals surface area contributed by atoms with Gasteiger partial charge in [-0.25, -0.2) is 0 Å². The summed E-state index contributed by atoms with van der Waals surface area (Å²) in [5.74, 6) is 2.20. The summed E-state index contributed by atoms with van der Waals surface area (Å²) in [5.41, 5.74) is 7.09. The van der Waals surface area contributed by atoms with E-state index in [-0.39, 0.29) is 70.5 Å². The molecule has 5 aromatic rings. The Labute approximate surface area is 532 Å². The van der Waals surface area contributed by atoms with Crippen molar-refractivity contribution in [1.29, 1.82) is 0 Å². The molecular weight excluding hydrogens is 1190 g/mol. The minimum Gasteiger partial charge on any atom is -0.493 e. The zero-order valence-electron chi connectivity index (χ0n) is 52.2. The fourth-order valence-corrected chi connectivity index (χ4v) is 16.8. The van der Waals surface area contributed by atoms with E-state index in [1.54, 1.807) is 60.1 Å². The Morgan fingerprint density at radius 3 is 1.96 bits per heavy atom. The molecule has 4 aliphatic heterocycles. The van der Waals surface area contributed by atoms with Crippen molar-refractivity contribution < 1.29 is 60.5 Å². The number of methoxy groups -OCH3 is 3. The van der Waals surface area contributed by atoms with E-state index in [0.717, 1.165) is 65.1 Å². The number of rotatable bonds is 31. The summed E-state index contributed by atoms with van der Waals surface area (Å²) in [6.07, 6.45) is 8.89. The highest BCUT2D eigenvalue weighted by atomic mass is 33.1. The third-order valence-corrected chi connectivity index (χ3v) is 22.3. The van der Waals surface area contributed by atoms with Crippen LogP contribution in [0.1, 0.15) is 122 Å². The van der Waals surface area contributed by atoms with Crippen LogP contribution in [0.15, 0.2) is 91.0 Å². The number of carbonyl (C=O) groups is 3. The number of anilines is 5. The second kappa shape index (κ2) is 29.3. The van der Waals surface area contributed by atoms with Gasteiger partial charge in [-0.3, -0.25) is 18.9 Å². The fraction of sp³-hybridized carbons (Fsp3) is 0.507. The summed E-state index contributed by atoms with van der Waals surface area (Å²) in [6, 6.07) is 27.0. The zero-order valence-corrected chi connectivity index (χ0v) is 54.7. The average Bonchev–Trinajstić information content (AvgIpc) is 1.62. The largest absolute Gasteiger partial charge is 0.493 e. The fourth-order valence-electron chi connectivity index (χ4n) is 13.4. The van der Waals surface area contributed by atoms with Crippen molar-refractivity contribution in [3.8, 4) is 23.0 Å². The first-order valence-electron chi connectivity index (χ1n) is 31.1. The molecule has 1 aliphatic carbocycles. The van der Waals surface area contributed by atoms with Crippen LogP contribution in [-0.4, -0.2) is 138 Å². The SMILES string of the molecule is CCC(CC)(NC(=O)CCCSSC(C)(C)CN(CCOCCOCCOC)c1cc(COc2cc3c(cc2OC)C(=O)N2c4ccccc4CC2CN3)cc(COc2cc3c(cc2OC)C(=O)N2c4ccccc4CC2C(S(=O)(=O)O)N3)c1)C1CCCC1. The summed E-state index contributed by atoms with van der Waals surface area (Å²) in [4.78, 5) is 48.0. The molecule has 480 valence electrons. The monoisotopic (exact) mass is 1280 g/mol. The van der Waals surface area contributed by atoms with E-state index in [4.69, 9.17) is 33.2 Å². The molecule has 4 heterocycles. The van der Waals surface area contributed by atoms with Crippen LogP contribution in [0.25, 0.3) is 0 Å². The summed E-state index contributed by atoms with van der Waals surface area (Å²) < 4.78 is 79.0. The number of para-hydroxylation sites is 2. The van der Waals surface area contributed by atoms with E-state index in [0.29, 0.717) is 93.4 Å². The highest BCUT2D eigenvalue weighted by Crippen LogP contribution is 2.46. The molecular formula is C67H86N6O13S3. The molecule has 1 saturated carbocycles. The Hall–Kier alpha value is -6.40. The number of nitrogens with one attached hydrogen (secondary N) is 3. The number of hydrogen-bond donors (Lipinski definition) is 4. The van der Waals surface area contributed by atoms with Gasteiger partial charge >= 0.3 is 0 Å². The standard InChI is InChI=1S/C67H86N6O13S3/c1-8-67(9-2,48-19-12-13-20-48)70-62(74)23-16-30-87-88-66(3,4)43-71(24-25-83-28-29-84-27-26-80-5)49-32-44(41-85-60-38-53-51(36-58(60)81-6)64(75)72-50(40-68-53)34-46-17-10-14-21-55(46)72)31-45(33-49)42-86-61-39-54-52(37-59(61)82-7)65(76)73-56-22-15-11-18-47(56)35-57(73)63(69-54)89(77,78)79/h10-11,14-15,17-18,21-22,31-33,36-39,48,50,57,63,68-69H,8-9,12-13,16,19-20,23-30,34-35,40-43H2,1-7H3,(H,70,74)(H,77,78,79). The van der Waals surface area contributed by atoms with Gasteiger partial charge in [0.15, 0.2) is 28.4 Å². The van der Waals surface area contributed by atoms with Crippen molar-refractivity contribution in [1.82, 2.24) is 5.32 Å². The molecule has 89 heavy (non-hydrogen) atoms. The van der Waals surface area contributed by atoms with Gasteiger partial charge in [-0.05, 0) is 129 Å². The highest BCUT2D eigenvalue weighted by molar-refractivity contribution is 8.77. The Morgan fingerprint density at radius 1 is 0.742 bits per heavy atom. The molecule has 0 saturated heterocycles. The number of ether oxygens (including phenoxy) is 7. The number of amides is 3. The molecule has 1 fully saturated rings. The molecule has 0 radical (unpaired) electrons. The molecule has 19 nitrogen and oxygen atoms in total. The Bertz CT molecular complexity index is 3430. The van der Waals surface area contributed by atoms with Crippen molar-refractivity contribution in [2.24, 2.45) is 5.92 Å². The maximum atomic E-state index is 14.5. The Kier molecular flexibility index (Phi) is 21.6. The van der Waals surface area contributed by atoms with E-state index < -0.39 is 27.4 Å². The molecule has 0 bridgehead atoms. The number of carbonyl (C=O) groups excluding carboxylic acids is 3. The summed E-state index contributed by atoms with van der Waals surface area (Å²) >= 11 is 0. The smallest absolute Gasteiger partial charge is 0.288 e. The van der Waals surface area contributed by atoms with Gasteiger partial charge in [-0.2, -0.15) is 8.42 Å². The first kappa shape index (κ1) is 65.5. The molecule has 0 aromatic heterocycles. The molecule has 3 amide bonds. The van der Waals surface area contributed by atoms with E-state index in [9.17, 15) is 27.4 Å². The lowest BCUT2D eigenvalue weighted by molar-refractivity contribution is -0.124. The van der Waals surface area contributed by atoms with Gasteiger partial charge in [0.25, 0.3) is 21.9 Å². The summed E-state index contributed by atoms with van der Waals surface area (Å²) in [6.45, 7) is 12.7. The van der Waals surface area contributed by atoms with Crippen molar-refractivity contribution >= 4 is 77.9 Å². The molecule has 3 unspecified atom stereocenters. The van der Waals surface area contributed by atoms with Crippen molar-refractivity contribution in [3.63, 3.8) is 0 Å². The lowest BCUT2D eigenvalue weighted by Gasteiger charge is -2.39. The number of nitrogens with zero attached hydrogens (tertiary/aromatic N) is 3. The minimum atomic E-state index is -4.75. The van der Waals surface area contributed by atoms with Crippen molar-refractivity contribution in [2.75, 3.05) is 105 Å². The van der Waals surface area contributed by atoms with Crippen LogP contribution in [0.5, 0.6) is 23.0 Å². The van der Waals surface area contributed by atoms with Gasteiger partial charge < -0.3 is 63.8 Å². The number of fused-ring (bicyclic) bond motifs is 8. The molecule has 22 heteroatoms. The first-order chi connectivity index (χ1) is 43.0. The van der Waals surface area contributed by atoms with Gasteiger partial charge in [0.05, 0.1) is 81.8 Å². The van der Waals surface area contributed by atoms with Gasteiger partial charge in [-0.15, -0.1) is 0 Å². The van der Waals surface area contributed by atoms with Crippen LogP contribution in [-0.2, 0) is 55.2 Å². The van der Waals surface area contributed by atoms with E-state index in [1.807, 2.05) is 47.4 Å². The molecule has 0 spiro atoms. The van der Waals surface area contributed by atoms with E-state index in [2.05, 4.69) is 66.7 Å². The van der Waals surface area contributed by atoms with Crippen molar-refractivity contribution in [3.05, 3.63) is 124 Å². The van der Waals surface area contributed by atoms with Gasteiger partial charge in [-0.1, -0.05) is 84.7 Å². The first-order valence-corrected chi connectivity index (χ1v) is 34.9. The Morgan fingerprint density at radius 2 is 1.33 bits per heavy atom. The van der Waals surface area contributed by atoms with Crippen LogP contribution in [0.2, 0.25) is 0 Å². The van der Waals surface area contributed by atoms with Crippen LogP contribution in [0.4, 0.5) is 28.4 Å². The topological polar surface area (TPSA) is 216 Å². The highest BCUT2D eigenvalue weighted by Gasteiger charge is 2.48. The molecule has 5 aliphatic rings. The van der Waals surface area contributed by atoms with Crippen LogP contribution >= 0.6 is 21.6 Å². The second-order valence-corrected chi connectivity index (χ2v) is 28.8. The third-order valence-electron chi connectivity index (χ3n) is 17.9. The molecule has 3 atom stereocenters. The van der Waals surface area contributed by atoms with Crippen molar-refractivity contribution in [2.45, 2.75) is 133 Å². The van der Waals surface area contributed by atoms with E-state index in [1.165, 1.54) is 43.8 Å². The zero-order chi connectivity index (χ0) is 62.9. The number of hydrogen-bond acceptors (Lipinski definition) is 17. The number of benzene rings is 5. The third kappa shape index (κ3) is 15.2. The van der Waals surface area contributed by atoms with Gasteiger partial charge in [0, 0.05) is 78.4 Å². The molecule has 4 N–H and O–H groups in total. The quantitative estimate of drug-likeness (QED) is 0.0184. The summed E-state index contributed by atoms with van der Waals surface area (Å²) in [5, 5.41) is 8.50.